The van der Waals surface area contributed by atoms with Crippen molar-refractivity contribution in [3.05, 3.63) is 53.6 Å². The zero-order valence-corrected chi connectivity index (χ0v) is 18.5. The van der Waals surface area contributed by atoms with Crippen LogP contribution in [0.3, 0.4) is 0 Å². The Labute approximate surface area is 179 Å². The Morgan fingerprint density at radius 3 is 2.10 bits per heavy atom. The van der Waals surface area contributed by atoms with Crippen LogP contribution in [0.1, 0.15) is 25.0 Å². The van der Waals surface area contributed by atoms with E-state index in [9.17, 15) is 4.79 Å². The van der Waals surface area contributed by atoms with Crippen LogP contribution in [0, 0.1) is 0 Å². The highest BCUT2D eigenvalue weighted by Crippen LogP contribution is 2.36. The molecular formula is C24H32N2O4. The Bertz CT molecular complexity index is 846. The molecule has 1 N–H and O–H groups in total. The van der Waals surface area contributed by atoms with Crippen molar-refractivity contribution in [2.45, 2.75) is 13.8 Å². The Hall–Kier alpha value is -2.99. The van der Waals surface area contributed by atoms with E-state index in [0.29, 0.717) is 29.4 Å². The van der Waals surface area contributed by atoms with Gasteiger partial charge in [0.05, 0.1) is 21.3 Å². The van der Waals surface area contributed by atoms with Crippen LogP contribution < -0.4 is 19.5 Å². The number of hydrogen-bond acceptors (Lipinski definition) is 5. The van der Waals surface area contributed by atoms with Gasteiger partial charge >= 0.3 is 0 Å². The monoisotopic (exact) mass is 412 g/mol. The summed E-state index contributed by atoms with van der Waals surface area (Å²) >= 11 is 0. The van der Waals surface area contributed by atoms with Crippen LogP contribution in [0.25, 0.3) is 11.6 Å². The van der Waals surface area contributed by atoms with E-state index < -0.39 is 0 Å². The number of likely N-dealkylation sites (N-methyl/N-ethyl adjacent to an activating group) is 1. The summed E-state index contributed by atoms with van der Waals surface area (Å²) in [6.07, 6.45) is 1.82. The lowest BCUT2D eigenvalue weighted by molar-refractivity contribution is -0.115. The summed E-state index contributed by atoms with van der Waals surface area (Å²) in [6, 6.07) is 13.2. The number of amides is 1. The van der Waals surface area contributed by atoms with Crippen molar-refractivity contribution in [2.24, 2.45) is 0 Å². The molecule has 0 aliphatic carbocycles. The van der Waals surface area contributed by atoms with E-state index >= 15 is 0 Å². The number of rotatable bonds is 11. The number of nitrogens with zero attached hydrogens (tertiary/aromatic N) is 1. The van der Waals surface area contributed by atoms with E-state index in [1.807, 2.05) is 42.5 Å². The van der Waals surface area contributed by atoms with Crippen molar-refractivity contribution < 1.29 is 19.0 Å². The van der Waals surface area contributed by atoms with E-state index in [1.165, 1.54) is 0 Å². The maximum Gasteiger partial charge on any atom is 0.251 e. The van der Waals surface area contributed by atoms with Gasteiger partial charge in [0.15, 0.2) is 11.5 Å². The number of nitrogens with one attached hydrogen (secondary N) is 1. The Kier molecular flexibility index (Phi) is 9.22. The minimum absolute atomic E-state index is 0.134. The second-order valence-corrected chi connectivity index (χ2v) is 6.66. The SMILES string of the molecule is CCN(CC)CCNC(=O)/C(=C/c1cc(OC)c(OC)cc1OC)c1ccccc1. The average Bonchev–Trinajstić information content (AvgIpc) is 2.80. The van der Waals surface area contributed by atoms with Gasteiger partial charge in [-0.1, -0.05) is 44.2 Å². The summed E-state index contributed by atoms with van der Waals surface area (Å²) in [4.78, 5) is 15.4. The largest absolute Gasteiger partial charge is 0.496 e. The molecule has 0 spiro atoms. The summed E-state index contributed by atoms with van der Waals surface area (Å²) in [7, 11) is 4.74. The number of carbonyl (C=O) groups excluding carboxylic acids is 1. The third kappa shape index (κ3) is 6.00. The first-order valence-corrected chi connectivity index (χ1v) is 10.2. The van der Waals surface area contributed by atoms with Crippen LogP contribution in [0.2, 0.25) is 0 Å². The maximum atomic E-state index is 13.1. The molecule has 0 radical (unpaired) electrons. The maximum absolute atomic E-state index is 13.1. The molecule has 0 atom stereocenters. The Morgan fingerprint density at radius 1 is 0.933 bits per heavy atom. The first kappa shape index (κ1) is 23.3. The van der Waals surface area contributed by atoms with Gasteiger partial charge in [-0.25, -0.2) is 0 Å². The van der Waals surface area contributed by atoms with E-state index in [0.717, 1.165) is 30.8 Å². The second-order valence-electron chi connectivity index (χ2n) is 6.66. The molecule has 0 saturated heterocycles. The van der Waals surface area contributed by atoms with Crippen LogP contribution in [-0.2, 0) is 4.79 Å². The van der Waals surface area contributed by atoms with E-state index in [1.54, 1.807) is 27.4 Å². The molecule has 2 aromatic rings. The Balaban J connectivity index is 2.41. The summed E-state index contributed by atoms with van der Waals surface area (Å²) in [5, 5.41) is 3.04. The molecular weight excluding hydrogens is 380 g/mol. The number of benzene rings is 2. The van der Waals surface area contributed by atoms with Crippen molar-refractivity contribution in [1.82, 2.24) is 10.2 Å². The Morgan fingerprint density at radius 2 is 1.53 bits per heavy atom. The van der Waals surface area contributed by atoms with Crippen molar-refractivity contribution in [3.8, 4) is 17.2 Å². The summed E-state index contributed by atoms with van der Waals surface area (Å²) < 4.78 is 16.3. The first-order chi connectivity index (χ1) is 14.6. The number of carbonyl (C=O) groups is 1. The highest BCUT2D eigenvalue weighted by molar-refractivity contribution is 6.24. The van der Waals surface area contributed by atoms with Gasteiger partial charge in [0.1, 0.15) is 5.75 Å². The number of methoxy groups -OCH3 is 3. The topological polar surface area (TPSA) is 60.0 Å². The van der Waals surface area contributed by atoms with E-state index in [-0.39, 0.29) is 5.91 Å². The molecule has 162 valence electrons. The molecule has 0 unspecified atom stereocenters. The molecule has 30 heavy (non-hydrogen) atoms. The lowest BCUT2D eigenvalue weighted by Crippen LogP contribution is -2.35. The van der Waals surface area contributed by atoms with Gasteiger partial charge in [0.2, 0.25) is 0 Å². The van der Waals surface area contributed by atoms with Gasteiger partial charge in [-0.3, -0.25) is 4.79 Å². The molecule has 0 saturated carbocycles. The molecule has 6 nitrogen and oxygen atoms in total. The fraction of sp³-hybridized carbons (Fsp3) is 0.375. The standard InChI is InChI=1S/C24H32N2O4/c1-6-26(7-2)14-13-25-24(27)20(18-11-9-8-10-12-18)15-19-16-22(29-4)23(30-5)17-21(19)28-3/h8-12,15-17H,6-7,13-14H2,1-5H3,(H,25,27)/b20-15+. The molecule has 6 heteroatoms. The average molecular weight is 413 g/mol. The molecule has 0 aliphatic rings. The second kappa shape index (κ2) is 11.9. The lowest BCUT2D eigenvalue weighted by Gasteiger charge is -2.18. The lowest BCUT2D eigenvalue weighted by atomic mass is 10.0. The van der Waals surface area contributed by atoms with E-state index in [2.05, 4.69) is 24.1 Å². The van der Waals surface area contributed by atoms with Crippen LogP contribution in [0.5, 0.6) is 17.2 Å². The van der Waals surface area contributed by atoms with Gasteiger partial charge in [-0.15, -0.1) is 0 Å². The zero-order chi connectivity index (χ0) is 21.9. The third-order valence-electron chi connectivity index (χ3n) is 4.97. The van der Waals surface area contributed by atoms with Crippen LogP contribution in [0.15, 0.2) is 42.5 Å². The van der Waals surface area contributed by atoms with Gasteiger partial charge in [0, 0.05) is 30.3 Å². The number of hydrogen-bond donors (Lipinski definition) is 1. The van der Waals surface area contributed by atoms with Gasteiger partial charge < -0.3 is 24.4 Å². The fourth-order valence-electron chi connectivity index (χ4n) is 3.18. The van der Waals surface area contributed by atoms with Crippen LogP contribution in [-0.4, -0.2) is 58.3 Å². The van der Waals surface area contributed by atoms with Crippen molar-refractivity contribution in [1.29, 1.82) is 0 Å². The van der Waals surface area contributed by atoms with Gasteiger partial charge in [-0.05, 0) is 30.8 Å². The molecule has 1 amide bonds. The summed E-state index contributed by atoms with van der Waals surface area (Å²) in [5.41, 5.74) is 2.11. The minimum atomic E-state index is -0.134. The van der Waals surface area contributed by atoms with Gasteiger partial charge in [0.25, 0.3) is 5.91 Å². The predicted molar refractivity (Wildman–Crippen MR) is 121 cm³/mol. The molecule has 0 heterocycles. The molecule has 0 aromatic heterocycles. The van der Waals surface area contributed by atoms with Crippen molar-refractivity contribution in [2.75, 3.05) is 47.5 Å². The summed E-state index contributed by atoms with van der Waals surface area (Å²) in [6.45, 7) is 7.52. The smallest absolute Gasteiger partial charge is 0.251 e. The molecule has 2 rings (SSSR count). The van der Waals surface area contributed by atoms with Gasteiger partial charge in [-0.2, -0.15) is 0 Å². The zero-order valence-electron chi connectivity index (χ0n) is 18.5. The molecule has 0 aliphatic heterocycles. The van der Waals surface area contributed by atoms with Crippen LogP contribution in [0.4, 0.5) is 0 Å². The van der Waals surface area contributed by atoms with E-state index in [4.69, 9.17) is 14.2 Å². The normalized spacial score (nSPS) is 11.3. The molecule has 0 fully saturated rings. The third-order valence-corrected chi connectivity index (χ3v) is 4.97. The quantitative estimate of drug-likeness (QED) is 0.450. The highest BCUT2D eigenvalue weighted by Gasteiger charge is 2.16. The predicted octanol–water partition coefficient (Wildman–Crippen LogP) is 3.71. The van der Waals surface area contributed by atoms with Crippen molar-refractivity contribution in [3.63, 3.8) is 0 Å². The highest BCUT2D eigenvalue weighted by atomic mass is 16.5. The minimum Gasteiger partial charge on any atom is -0.496 e. The molecule has 2 aromatic carbocycles. The molecule has 0 bridgehead atoms. The van der Waals surface area contributed by atoms with Crippen molar-refractivity contribution >= 4 is 17.6 Å². The number of ether oxygens (including phenoxy) is 3. The first-order valence-electron chi connectivity index (χ1n) is 10.2. The summed E-state index contributed by atoms with van der Waals surface area (Å²) in [5.74, 6) is 1.59. The van der Waals surface area contributed by atoms with Crippen LogP contribution >= 0.6 is 0 Å². The fourth-order valence-corrected chi connectivity index (χ4v) is 3.18.